The summed E-state index contributed by atoms with van der Waals surface area (Å²) in [6.07, 6.45) is 2.73. The summed E-state index contributed by atoms with van der Waals surface area (Å²) in [5, 5.41) is 9.32. The number of ether oxygens (including phenoxy) is 1. The van der Waals surface area contributed by atoms with Gasteiger partial charge < -0.3 is 14.6 Å². The lowest BCUT2D eigenvalue weighted by molar-refractivity contribution is -0.114. The monoisotopic (exact) mass is 470 g/mol. The lowest BCUT2D eigenvalue weighted by atomic mass is 10.2. The topological polar surface area (TPSA) is 114 Å². The third-order valence-corrected chi connectivity index (χ3v) is 7.10. The molecule has 1 amide bonds. The number of amides is 1. The molecule has 2 heterocycles. The van der Waals surface area contributed by atoms with E-state index in [1.807, 2.05) is 18.2 Å². The van der Waals surface area contributed by atoms with Gasteiger partial charge in [0.1, 0.15) is 5.75 Å². The van der Waals surface area contributed by atoms with Crippen molar-refractivity contribution in [1.29, 1.82) is 0 Å². The maximum Gasteiger partial charge on any atom is 0.246 e. The second-order valence-corrected chi connectivity index (χ2v) is 9.71. The van der Waals surface area contributed by atoms with Crippen LogP contribution in [0.25, 0.3) is 0 Å². The number of hydrogen-bond donors (Lipinski definition) is 2. The largest absolute Gasteiger partial charge is 0.455 e. The van der Waals surface area contributed by atoms with Gasteiger partial charge in [-0.25, -0.2) is 8.42 Å². The SMILES string of the molecule is Cc1cc(NC(=O)CNc2cc(S(=O)(=O)N3CCCCC3)ccc2Oc2ccccc2)on1. The molecule has 3 aromatic rings. The van der Waals surface area contributed by atoms with E-state index in [0.29, 0.717) is 36.0 Å². The van der Waals surface area contributed by atoms with Gasteiger partial charge >= 0.3 is 0 Å². The van der Waals surface area contributed by atoms with Crippen LogP contribution in [0, 0.1) is 6.92 Å². The van der Waals surface area contributed by atoms with Crippen LogP contribution in [0.3, 0.4) is 0 Å². The molecule has 1 fully saturated rings. The minimum Gasteiger partial charge on any atom is -0.455 e. The molecular weight excluding hydrogens is 444 g/mol. The average Bonchev–Trinajstić information content (AvgIpc) is 3.24. The summed E-state index contributed by atoms with van der Waals surface area (Å²) in [5.41, 5.74) is 1.04. The van der Waals surface area contributed by atoms with Gasteiger partial charge in [-0.05, 0) is 50.1 Å². The molecule has 33 heavy (non-hydrogen) atoms. The van der Waals surface area contributed by atoms with Crippen LogP contribution in [0.4, 0.5) is 11.6 Å². The smallest absolute Gasteiger partial charge is 0.246 e. The van der Waals surface area contributed by atoms with Crippen LogP contribution in [0.15, 0.2) is 64.0 Å². The molecule has 0 atom stereocenters. The molecular formula is C23H26N4O5S. The molecule has 0 unspecified atom stereocenters. The molecule has 2 N–H and O–H groups in total. The van der Waals surface area contributed by atoms with Gasteiger partial charge in [0.15, 0.2) is 5.75 Å². The third-order valence-electron chi connectivity index (χ3n) is 5.20. The summed E-state index contributed by atoms with van der Waals surface area (Å²) in [6.45, 7) is 2.63. The van der Waals surface area contributed by atoms with E-state index in [9.17, 15) is 13.2 Å². The fraction of sp³-hybridized carbons (Fsp3) is 0.304. The number of rotatable bonds is 8. The van der Waals surface area contributed by atoms with Crippen molar-refractivity contribution in [2.45, 2.75) is 31.1 Å². The molecule has 10 heteroatoms. The van der Waals surface area contributed by atoms with Crippen molar-refractivity contribution >= 4 is 27.5 Å². The van der Waals surface area contributed by atoms with Crippen LogP contribution in [0.1, 0.15) is 25.0 Å². The van der Waals surface area contributed by atoms with Gasteiger partial charge in [-0.3, -0.25) is 10.1 Å². The molecule has 1 aliphatic heterocycles. The van der Waals surface area contributed by atoms with Gasteiger partial charge in [0.05, 0.1) is 22.8 Å². The Morgan fingerprint density at radius 2 is 1.85 bits per heavy atom. The summed E-state index contributed by atoms with van der Waals surface area (Å²) in [5.74, 6) is 0.860. The Morgan fingerprint density at radius 3 is 2.55 bits per heavy atom. The number of sulfonamides is 1. The highest BCUT2D eigenvalue weighted by molar-refractivity contribution is 7.89. The molecule has 0 saturated carbocycles. The van der Waals surface area contributed by atoms with Gasteiger partial charge in [0.25, 0.3) is 0 Å². The second kappa shape index (κ2) is 10.1. The Bertz CT molecular complexity index is 1200. The molecule has 1 saturated heterocycles. The molecule has 0 spiro atoms. The summed E-state index contributed by atoms with van der Waals surface area (Å²) in [4.78, 5) is 12.5. The number of aromatic nitrogens is 1. The fourth-order valence-corrected chi connectivity index (χ4v) is 5.09. The van der Waals surface area contributed by atoms with E-state index in [1.165, 1.54) is 16.4 Å². The van der Waals surface area contributed by atoms with Crippen LogP contribution in [0.5, 0.6) is 11.5 Å². The first-order valence-corrected chi connectivity index (χ1v) is 12.2. The number of nitrogens with zero attached hydrogens (tertiary/aromatic N) is 2. The third kappa shape index (κ3) is 5.71. The standard InChI is InChI=1S/C23H26N4O5S/c1-17-14-23(32-26-17)25-22(28)16-24-20-15-19(33(29,30)27-12-6-3-7-13-27)10-11-21(20)31-18-8-4-2-5-9-18/h2,4-5,8-11,14-15,24H,3,6-7,12-13,16H2,1H3,(H,25,28). The van der Waals surface area contributed by atoms with Gasteiger partial charge in [-0.2, -0.15) is 4.31 Å². The van der Waals surface area contributed by atoms with Crippen LogP contribution in [0.2, 0.25) is 0 Å². The lowest BCUT2D eigenvalue weighted by Gasteiger charge is -2.26. The molecule has 0 aliphatic carbocycles. The number of piperidine rings is 1. The van der Waals surface area contributed by atoms with E-state index in [-0.39, 0.29) is 23.2 Å². The van der Waals surface area contributed by atoms with Crippen molar-refractivity contribution in [2.24, 2.45) is 0 Å². The maximum absolute atomic E-state index is 13.1. The van der Waals surface area contributed by atoms with Crippen LogP contribution in [-0.4, -0.2) is 43.4 Å². The highest BCUT2D eigenvalue weighted by Crippen LogP contribution is 2.33. The highest BCUT2D eigenvalue weighted by Gasteiger charge is 2.27. The summed E-state index contributed by atoms with van der Waals surface area (Å²) >= 11 is 0. The predicted molar refractivity (Wildman–Crippen MR) is 124 cm³/mol. The Balaban J connectivity index is 1.56. The summed E-state index contributed by atoms with van der Waals surface area (Å²) in [6, 6.07) is 15.4. The van der Waals surface area contributed by atoms with Gasteiger partial charge in [-0.15, -0.1) is 0 Å². The first kappa shape index (κ1) is 22.8. The number of nitrogens with one attached hydrogen (secondary N) is 2. The molecule has 4 rings (SSSR count). The molecule has 2 aromatic carbocycles. The van der Waals surface area contributed by atoms with Crippen molar-refractivity contribution in [3.8, 4) is 11.5 Å². The maximum atomic E-state index is 13.1. The lowest BCUT2D eigenvalue weighted by Crippen LogP contribution is -2.35. The molecule has 9 nitrogen and oxygen atoms in total. The fourth-order valence-electron chi connectivity index (χ4n) is 3.55. The number of benzene rings is 2. The number of hydrogen-bond acceptors (Lipinski definition) is 7. The first-order chi connectivity index (χ1) is 15.9. The zero-order valence-electron chi connectivity index (χ0n) is 18.3. The Kier molecular flexibility index (Phi) is 6.95. The van der Waals surface area contributed by atoms with Crippen molar-refractivity contribution in [3.05, 3.63) is 60.3 Å². The van der Waals surface area contributed by atoms with Crippen molar-refractivity contribution < 1.29 is 22.5 Å². The van der Waals surface area contributed by atoms with E-state index in [0.717, 1.165) is 19.3 Å². The molecule has 0 radical (unpaired) electrons. The molecule has 0 bridgehead atoms. The summed E-state index contributed by atoms with van der Waals surface area (Å²) in [7, 11) is -3.64. The predicted octanol–water partition coefficient (Wildman–Crippen LogP) is 4.00. The number of anilines is 2. The second-order valence-electron chi connectivity index (χ2n) is 7.77. The zero-order valence-corrected chi connectivity index (χ0v) is 19.1. The van der Waals surface area contributed by atoms with Crippen molar-refractivity contribution in [2.75, 3.05) is 30.3 Å². The number of aryl methyl sites for hydroxylation is 1. The van der Waals surface area contributed by atoms with E-state index in [1.54, 1.807) is 31.2 Å². The molecule has 1 aromatic heterocycles. The Labute approximate surface area is 192 Å². The normalized spacial score (nSPS) is 14.6. The quantitative estimate of drug-likeness (QED) is 0.511. The van der Waals surface area contributed by atoms with E-state index in [4.69, 9.17) is 9.26 Å². The van der Waals surface area contributed by atoms with Gasteiger partial charge in [0.2, 0.25) is 21.8 Å². The highest BCUT2D eigenvalue weighted by atomic mass is 32.2. The van der Waals surface area contributed by atoms with Crippen LogP contribution in [-0.2, 0) is 14.8 Å². The Hall–Kier alpha value is -3.37. The molecule has 1 aliphatic rings. The zero-order chi connectivity index (χ0) is 23.3. The van der Waals surface area contributed by atoms with Gasteiger partial charge in [-0.1, -0.05) is 29.8 Å². The van der Waals surface area contributed by atoms with E-state index >= 15 is 0 Å². The van der Waals surface area contributed by atoms with E-state index in [2.05, 4.69) is 15.8 Å². The van der Waals surface area contributed by atoms with Crippen molar-refractivity contribution in [3.63, 3.8) is 0 Å². The van der Waals surface area contributed by atoms with Crippen LogP contribution >= 0.6 is 0 Å². The average molecular weight is 471 g/mol. The number of carbonyl (C=O) groups excluding carboxylic acids is 1. The van der Waals surface area contributed by atoms with E-state index < -0.39 is 10.0 Å². The minimum absolute atomic E-state index is 0.127. The number of para-hydroxylation sites is 1. The van der Waals surface area contributed by atoms with Gasteiger partial charge in [0, 0.05) is 19.2 Å². The number of carbonyl (C=O) groups is 1. The molecule has 174 valence electrons. The summed E-state index contributed by atoms with van der Waals surface area (Å²) < 4.78 is 38.8. The van der Waals surface area contributed by atoms with Crippen molar-refractivity contribution in [1.82, 2.24) is 9.46 Å². The Morgan fingerprint density at radius 1 is 1.09 bits per heavy atom. The first-order valence-electron chi connectivity index (χ1n) is 10.8. The minimum atomic E-state index is -3.64. The van der Waals surface area contributed by atoms with Crippen LogP contribution < -0.4 is 15.4 Å².